The normalized spacial score (nSPS) is 16.1. The van der Waals surface area contributed by atoms with E-state index in [0.29, 0.717) is 11.4 Å². The van der Waals surface area contributed by atoms with E-state index in [4.69, 9.17) is 0 Å². The highest BCUT2D eigenvalue weighted by Gasteiger charge is 2.22. The summed E-state index contributed by atoms with van der Waals surface area (Å²) in [6, 6.07) is 8.65. The van der Waals surface area contributed by atoms with Crippen LogP contribution in [0, 0.1) is 0 Å². The molecule has 0 atom stereocenters. The molecule has 2 aromatic heterocycles. The van der Waals surface area contributed by atoms with Crippen molar-refractivity contribution >= 4 is 26.7 Å². The molecule has 0 amide bonds. The monoisotopic (exact) mass is 386 g/mol. The molecule has 1 aliphatic heterocycles. The second-order valence-corrected chi connectivity index (χ2v) is 8.77. The van der Waals surface area contributed by atoms with Gasteiger partial charge in [-0.2, -0.15) is 5.10 Å². The first-order valence-corrected chi connectivity index (χ1v) is 10.6. The molecular weight excluding hydrogens is 364 g/mol. The van der Waals surface area contributed by atoms with Crippen molar-refractivity contribution in [2.24, 2.45) is 7.05 Å². The number of aromatic nitrogens is 4. The van der Waals surface area contributed by atoms with Gasteiger partial charge in [0.05, 0.1) is 22.2 Å². The Morgan fingerprint density at radius 2 is 1.78 bits per heavy atom. The molecule has 27 heavy (non-hydrogen) atoms. The lowest BCUT2D eigenvalue weighted by atomic mass is 10.3. The van der Waals surface area contributed by atoms with E-state index in [1.807, 2.05) is 13.1 Å². The largest absolute Gasteiger partial charge is 0.353 e. The third-order valence-corrected chi connectivity index (χ3v) is 6.67. The fourth-order valence-electron chi connectivity index (χ4n) is 3.38. The van der Waals surface area contributed by atoms with Gasteiger partial charge in [-0.05, 0) is 12.1 Å². The van der Waals surface area contributed by atoms with Crippen LogP contribution in [0.25, 0.3) is 11.0 Å². The van der Waals surface area contributed by atoms with Crippen molar-refractivity contribution in [1.29, 1.82) is 0 Å². The summed E-state index contributed by atoms with van der Waals surface area (Å²) in [5, 5.41) is 5.21. The number of benzene rings is 1. The molecule has 1 saturated heterocycles. The maximum absolute atomic E-state index is 12.4. The van der Waals surface area contributed by atoms with Gasteiger partial charge in [0.1, 0.15) is 12.1 Å². The van der Waals surface area contributed by atoms with Gasteiger partial charge in [-0.15, -0.1) is 0 Å². The standard InChI is InChI=1S/C18H22N6O2S/c1-22-17-16(13-21-22)18(20-14-19-17)24-9-7-23(8-10-24)11-12-27(25,26)15-5-3-2-4-6-15/h2-6,13-14H,7-12H2,1H3. The van der Waals surface area contributed by atoms with Gasteiger partial charge in [-0.3, -0.25) is 9.58 Å². The second kappa shape index (κ2) is 7.24. The van der Waals surface area contributed by atoms with E-state index in [9.17, 15) is 8.42 Å². The van der Waals surface area contributed by atoms with Gasteiger partial charge in [-0.25, -0.2) is 18.4 Å². The molecule has 0 radical (unpaired) electrons. The number of anilines is 1. The number of hydrogen-bond acceptors (Lipinski definition) is 7. The molecule has 3 heterocycles. The average molecular weight is 386 g/mol. The first-order chi connectivity index (χ1) is 13.0. The Labute approximate surface area is 158 Å². The third-order valence-electron chi connectivity index (χ3n) is 4.96. The van der Waals surface area contributed by atoms with Gasteiger partial charge in [0.15, 0.2) is 15.5 Å². The molecule has 1 aromatic carbocycles. The summed E-state index contributed by atoms with van der Waals surface area (Å²) in [6.07, 6.45) is 3.36. The molecule has 4 rings (SSSR count). The van der Waals surface area contributed by atoms with Crippen LogP contribution in [0.5, 0.6) is 0 Å². The molecule has 1 fully saturated rings. The predicted octanol–water partition coefficient (Wildman–Crippen LogP) is 0.959. The molecule has 1 aliphatic rings. The minimum Gasteiger partial charge on any atom is -0.353 e. The van der Waals surface area contributed by atoms with Crippen LogP contribution in [0.4, 0.5) is 5.82 Å². The van der Waals surface area contributed by atoms with Crippen LogP contribution in [0.2, 0.25) is 0 Å². The Morgan fingerprint density at radius 1 is 1.04 bits per heavy atom. The highest BCUT2D eigenvalue weighted by Crippen LogP contribution is 2.23. The van der Waals surface area contributed by atoms with Crippen molar-refractivity contribution in [3.8, 4) is 0 Å². The number of sulfone groups is 1. The van der Waals surface area contributed by atoms with Crippen molar-refractivity contribution in [2.45, 2.75) is 4.90 Å². The van der Waals surface area contributed by atoms with Gasteiger partial charge in [0, 0.05) is 39.8 Å². The molecule has 0 N–H and O–H groups in total. The fraction of sp³-hybridized carbons (Fsp3) is 0.389. The van der Waals surface area contributed by atoms with Crippen LogP contribution in [-0.2, 0) is 16.9 Å². The first kappa shape index (κ1) is 17.9. The number of piperazine rings is 1. The second-order valence-electron chi connectivity index (χ2n) is 6.66. The van der Waals surface area contributed by atoms with Gasteiger partial charge in [-0.1, -0.05) is 18.2 Å². The van der Waals surface area contributed by atoms with E-state index >= 15 is 0 Å². The maximum atomic E-state index is 12.4. The van der Waals surface area contributed by atoms with Crippen molar-refractivity contribution in [3.63, 3.8) is 0 Å². The Kier molecular flexibility index (Phi) is 4.79. The maximum Gasteiger partial charge on any atom is 0.179 e. The van der Waals surface area contributed by atoms with Crippen LogP contribution in [0.1, 0.15) is 0 Å². The predicted molar refractivity (Wildman–Crippen MR) is 103 cm³/mol. The summed E-state index contributed by atoms with van der Waals surface area (Å²) in [5.74, 6) is 1.03. The molecular formula is C18H22N6O2S. The van der Waals surface area contributed by atoms with E-state index < -0.39 is 9.84 Å². The summed E-state index contributed by atoms with van der Waals surface area (Å²) in [6.45, 7) is 3.74. The molecule has 0 spiro atoms. The summed E-state index contributed by atoms with van der Waals surface area (Å²) < 4.78 is 26.6. The topological polar surface area (TPSA) is 84.2 Å². The zero-order valence-electron chi connectivity index (χ0n) is 15.2. The average Bonchev–Trinajstić information content (AvgIpc) is 3.09. The minimum absolute atomic E-state index is 0.136. The fourth-order valence-corrected chi connectivity index (χ4v) is 4.69. The van der Waals surface area contributed by atoms with E-state index in [2.05, 4.69) is 24.9 Å². The van der Waals surface area contributed by atoms with Gasteiger partial charge in [0.25, 0.3) is 0 Å². The lowest BCUT2D eigenvalue weighted by Crippen LogP contribution is -2.48. The number of aryl methyl sites for hydroxylation is 1. The highest BCUT2D eigenvalue weighted by atomic mass is 32.2. The lowest BCUT2D eigenvalue weighted by Gasteiger charge is -2.35. The molecule has 3 aromatic rings. The van der Waals surface area contributed by atoms with Gasteiger partial charge in [0.2, 0.25) is 0 Å². The summed E-state index contributed by atoms with van der Waals surface area (Å²) in [5.41, 5.74) is 0.816. The van der Waals surface area contributed by atoms with E-state index in [-0.39, 0.29) is 5.75 Å². The van der Waals surface area contributed by atoms with E-state index in [0.717, 1.165) is 43.0 Å². The van der Waals surface area contributed by atoms with Crippen molar-refractivity contribution in [1.82, 2.24) is 24.6 Å². The zero-order chi connectivity index (χ0) is 18.9. The molecule has 8 nitrogen and oxygen atoms in total. The lowest BCUT2D eigenvalue weighted by molar-refractivity contribution is 0.271. The molecule has 0 aliphatic carbocycles. The number of fused-ring (bicyclic) bond motifs is 1. The Hall–Kier alpha value is -2.52. The minimum atomic E-state index is -3.24. The molecule has 0 saturated carbocycles. The Bertz CT molecular complexity index is 1030. The molecule has 142 valence electrons. The molecule has 0 bridgehead atoms. The summed E-state index contributed by atoms with van der Waals surface area (Å²) in [4.78, 5) is 13.5. The van der Waals surface area contributed by atoms with Gasteiger partial charge < -0.3 is 4.90 Å². The quantitative estimate of drug-likeness (QED) is 0.646. The van der Waals surface area contributed by atoms with Crippen LogP contribution in [0.3, 0.4) is 0 Å². The first-order valence-electron chi connectivity index (χ1n) is 8.92. The van der Waals surface area contributed by atoms with E-state index in [1.54, 1.807) is 41.5 Å². The van der Waals surface area contributed by atoms with Crippen LogP contribution < -0.4 is 4.90 Å². The number of hydrogen-bond donors (Lipinski definition) is 0. The summed E-state index contributed by atoms with van der Waals surface area (Å²) in [7, 11) is -1.37. The van der Waals surface area contributed by atoms with Gasteiger partial charge >= 0.3 is 0 Å². The Balaban J connectivity index is 1.38. The third kappa shape index (κ3) is 3.65. The SMILES string of the molecule is Cn1ncc2c(N3CCN(CCS(=O)(=O)c4ccccc4)CC3)ncnc21. The van der Waals surface area contributed by atoms with Crippen LogP contribution in [-0.4, -0.2) is 71.5 Å². The van der Waals surface area contributed by atoms with Crippen molar-refractivity contribution in [3.05, 3.63) is 42.9 Å². The number of nitrogens with zero attached hydrogens (tertiary/aromatic N) is 6. The highest BCUT2D eigenvalue weighted by molar-refractivity contribution is 7.91. The smallest absolute Gasteiger partial charge is 0.179 e. The zero-order valence-corrected chi connectivity index (χ0v) is 16.0. The van der Waals surface area contributed by atoms with Crippen LogP contribution >= 0.6 is 0 Å². The molecule has 9 heteroatoms. The van der Waals surface area contributed by atoms with Crippen LogP contribution in [0.15, 0.2) is 47.8 Å². The number of rotatable bonds is 5. The molecule has 0 unspecified atom stereocenters. The Morgan fingerprint density at radius 3 is 2.52 bits per heavy atom. The van der Waals surface area contributed by atoms with E-state index in [1.165, 1.54) is 0 Å². The van der Waals surface area contributed by atoms with Crippen molar-refractivity contribution < 1.29 is 8.42 Å². The van der Waals surface area contributed by atoms with Crippen molar-refractivity contribution in [2.75, 3.05) is 43.4 Å². The summed E-state index contributed by atoms with van der Waals surface area (Å²) >= 11 is 0.